The highest BCUT2D eigenvalue weighted by Crippen LogP contribution is 2.28. The van der Waals surface area contributed by atoms with Crippen molar-refractivity contribution in [2.24, 2.45) is 0 Å². The van der Waals surface area contributed by atoms with Gasteiger partial charge in [0.15, 0.2) is 11.5 Å². The van der Waals surface area contributed by atoms with Gasteiger partial charge >= 0.3 is 0 Å². The van der Waals surface area contributed by atoms with Crippen molar-refractivity contribution < 1.29 is 18.7 Å². The lowest BCUT2D eigenvalue weighted by molar-refractivity contribution is -0.120. The van der Waals surface area contributed by atoms with E-state index in [2.05, 4.69) is 20.5 Å². The predicted octanol–water partition coefficient (Wildman–Crippen LogP) is 2.95. The molecule has 0 aliphatic heterocycles. The van der Waals surface area contributed by atoms with Gasteiger partial charge in [-0.15, -0.1) is 10.2 Å². The number of nitrogens with one attached hydrogen (secondary N) is 1. The number of rotatable bonds is 8. The van der Waals surface area contributed by atoms with Gasteiger partial charge in [-0.2, -0.15) is 0 Å². The molecule has 0 saturated heterocycles. The number of aromatic nitrogens is 3. The zero-order chi connectivity index (χ0) is 19.9. The first-order valence-electron chi connectivity index (χ1n) is 8.50. The molecule has 9 heteroatoms. The molecule has 0 aliphatic carbocycles. The molecule has 0 spiro atoms. The SMILES string of the molecule is COc1ccc(CNC(=O)[C@@H](C)Sc2nnc(-c3cccnc3)o2)cc1OC. The molecule has 1 amide bonds. The Kier molecular flexibility index (Phi) is 6.49. The fraction of sp³-hybridized carbons (Fsp3) is 0.263. The summed E-state index contributed by atoms with van der Waals surface area (Å²) >= 11 is 1.20. The monoisotopic (exact) mass is 400 g/mol. The molecule has 0 fully saturated rings. The third kappa shape index (κ3) is 4.80. The van der Waals surface area contributed by atoms with E-state index in [1.54, 1.807) is 45.7 Å². The third-order valence-electron chi connectivity index (χ3n) is 3.88. The van der Waals surface area contributed by atoms with E-state index < -0.39 is 5.25 Å². The van der Waals surface area contributed by atoms with Crippen LogP contribution >= 0.6 is 11.8 Å². The molecule has 3 aromatic rings. The van der Waals surface area contributed by atoms with E-state index in [1.165, 1.54) is 11.8 Å². The molecule has 0 radical (unpaired) electrons. The van der Waals surface area contributed by atoms with Crippen molar-refractivity contribution in [1.82, 2.24) is 20.5 Å². The van der Waals surface area contributed by atoms with Gasteiger partial charge in [0, 0.05) is 18.9 Å². The zero-order valence-electron chi connectivity index (χ0n) is 15.7. The maximum Gasteiger partial charge on any atom is 0.277 e. The molecular formula is C19H20N4O4S. The van der Waals surface area contributed by atoms with Crippen molar-refractivity contribution in [1.29, 1.82) is 0 Å². The second-order valence-electron chi connectivity index (χ2n) is 5.78. The van der Waals surface area contributed by atoms with Gasteiger partial charge in [-0.1, -0.05) is 17.8 Å². The van der Waals surface area contributed by atoms with E-state index in [9.17, 15) is 4.79 Å². The number of carbonyl (C=O) groups is 1. The van der Waals surface area contributed by atoms with Crippen LogP contribution in [0.5, 0.6) is 11.5 Å². The van der Waals surface area contributed by atoms with Crippen LogP contribution in [0.1, 0.15) is 12.5 Å². The lowest BCUT2D eigenvalue weighted by atomic mass is 10.2. The summed E-state index contributed by atoms with van der Waals surface area (Å²) in [5, 5.41) is 10.8. The Labute approximate surface area is 166 Å². The van der Waals surface area contributed by atoms with Gasteiger partial charge in [-0.05, 0) is 36.8 Å². The number of carbonyl (C=O) groups excluding carboxylic acids is 1. The molecule has 8 nitrogen and oxygen atoms in total. The second-order valence-corrected chi connectivity index (χ2v) is 7.07. The van der Waals surface area contributed by atoms with E-state index >= 15 is 0 Å². The molecule has 1 aromatic carbocycles. The highest BCUT2D eigenvalue weighted by atomic mass is 32.2. The fourth-order valence-electron chi connectivity index (χ4n) is 2.39. The first-order valence-corrected chi connectivity index (χ1v) is 9.38. The molecule has 3 rings (SSSR count). The van der Waals surface area contributed by atoms with Crippen LogP contribution in [0.2, 0.25) is 0 Å². The Morgan fingerprint density at radius 3 is 2.75 bits per heavy atom. The van der Waals surface area contributed by atoms with Crippen molar-refractivity contribution in [2.75, 3.05) is 14.2 Å². The smallest absolute Gasteiger partial charge is 0.277 e. The number of nitrogens with zero attached hydrogens (tertiary/aromatic N) is 3. The van der Waals surface area contributed by atoms with Crippen LogP contribution in [0.4, 0.5) is 0 Å². The number of pyridine rings is 1. The molecule has 1 N–H and O–H groups in total. The molecule has 2 heterocycles. The van der Waals surface area contributed by atoms with Crippen LogP contribution in [0.3, 0.4) is 0 Å². The summed E-state index contributed by atoms with van der Waals surface area (Å²) in [5.74, 6) is 1.49. The minimum absolute atomic E-state index is 0.138. The van der Waals surface area contributed by atoms with E-state index in [1.807, 2.05) is 18.2 Å². The average Bonchev–Trinajstić information content (AvgIpc) is 3.20. The Bertz CT molecular complexity index is 933. The first-order chi connectivity index (χ1) is 13.6. The van der Waals surface area contributed by atoms with Crippen molar-refractivity contribution in [2.45, 2.75) is 23.9 Å². The second kappa shape index (κ2) is 9.23. The quantitative estimate of drug-likeness (QED) is 0.576. The molecule has 2 aromatic heterocycles. The third-order valence-corrected chi connectivity index (χ3v) is 4.81. The van der Waals surface area contributed by atoms with Gasteiger partial charge in [0.05, 0.1) is 25.0 Å². The standard InChI is InChI=1S/C19H20N4O4S/c1-12(28-19-23-22-18(27-19)14-5-4-8-20-11-14)17(24)21-10-13-6-7-15(25-2)16(9-13)26-3/h4-9,11-12H,10H2,1-3H3,(H,21,24)/t12-/m1/s1. The summed E-state index contributed by atoms with van der Waals surface area (Å²) in [6, 6.07) is 9.12. The van der Waals surface area contributed by atoms with E-state index in [0.717, 1.165) is 11.1 Å². The minimum Gasteiger partial charge on any atom is -0.493 e. The lowest BCUT2D eigenvalue weighted by Gasteiger charge is -2.12. The molecular weight excluding hydrogens is 380 g/mol. The summed E-state index contributed by atoms with van der Waals surface area (Å²) in [6.45, 7) is 2.15. The summed E-state index contributed by atoms with van der Waals surface area (Å²) < 4.78 is 16.1. The van der Waals surface area contributed by atoms with Crippen molar-refractivity contribution in [3.05, 3.63) is 48.3 Å². The Morgan fingerprint density at radius 2 is 2.04 bits per heavy atom. The maximum atomic E-state index is 12.4. The molecule has 0 unspecified atom stereocenters. The molecule has 1 atom stereocenters. The van der Waals surface area contributed by atoms with Crippen LogP contribution in [-0.4, -0.2) is 40.6 Å². The Balaban J connectivity index is 1.56. The van der Waals surface area contributed by atoms with Gasteiger partial charge < -0.3 is 19.2 Å². The number of thioether (sulfide) groups is 1. The van der Waals surface area contributed by atoms with Crippen LogP contribution in [0.25, 0.3) is 11.5 Å². The van der Waals surface area contributed by atoms with Gasteiger partial charge in [0.25, 0.3) is 5.22 Å². The minimum atomic E-state index is -0.401. The highest BCUT2D eigenvalue weighted by molar-refractivity contribution is 8.00. The summed E-state index contributed by atoms with van der Waals surface area (Å²) in [6.07, 6.45) is 3.31. The van der Waals surface area contributed by atoms with Crippen molar-refractivity contribution in [3.8, 4) is 23.0 Å². The first kappa shape index (κ1) is 19.7. The summed E-state index contributed by atoms with van der Waals surface area (Å²) in [7, 11) is 3.15. The van der Waals surface area contributed by atoms with Crippen LogP contribution < -0.4 is 14.8 Å². The molecule has 0 saturated carbocycles. The summed E-state index contributed by atoms with van der Waals surface area (Å²) in [4.78, 5) is 16.4. The molecule has 28 heavy (non-hydrogen) atoms. The predicted molar refractivity (Wildman–Crippen MR) is 104 cm³/mol. The Hall–Kier alpha value is -3.07. The fourth-order valence-corrected chi connectivity index (χ4v) is 3.10. The van der Waals surface area contributed by atoms with Gasteiger partial charge in [-0.25, -0.2) is 0 Å². The molecule has 146 valence electrons. The van der Waals surface area contributed by atoms with E-state index in [4.69, 9.17) is 13.9 Å². The zero-order valence-corrected chi connectivity index (χ0v) is 16.5. The van der Waals surface area contributed by atoms with Crippen molar-refractivity contribution in [3.63, 3.8) is 0 Å². The number of methoxy groups -OCH3 is 2. The van der Waals surface area contributed by atoms with E-state index in [-0.39, 0.29) is 5.91 Å². The molecule has 0 bridgehead atoms. The van der Waals surface area contributed by atoms with Gasteiger partial charge in [0.1, 0.15) is 0 Å². The van der Waals surface area contributed by atoms with Gasteiger partial charge in [-0.3, -0.25) is 9.78 Å². The Morgan fingerprint density at radius 1 is 1.21 bits per heavy atom. The van der Waals surface area contributed by atoms with Crippen LogP contribution in [0, 0.1) is 0 Å². The number of ether oxygens (including phenoxy) is 2. The number of hydrogen-bond donors (Lipinski definition) is 1. The van der Waals surface area contributed by atoms with Crippen molar-refractivity contribution >= 4 is 17.7 Å². The van der Waals surface area contributed by atoms with Crippen LogP contribution in [0.15, 0.2) is 52.4 Å². The largest absolute Gasteiger partial charge is 0.493 e. The number of amides is 1. The topological polar surface area (TPSA) is 99.4 Å². The summed E-state index contributed by atoms with van der Waals surface area (Å²) in [5.41, 5.74) is 1.63. The highest BCUT2D eigenvalue weighted by Gasteiger charge is 2.19. The maximum absolute atomic E-state index is 12.4. The molecule has 0 aliphatic rings. The normalized spacial score (nSPS) is 11.7. The number of benzene rings is 1. The number of hydrogen-bond acceptors (Lipinski definition) is 8. The van der Waals surface area contributed by atoms with Crippen LogP contribution in [-0.2, 0) is 11.3 Å². The van der Waals surface area contributed by atoms with E-state index in [0.29, 0.717) is 29.2 Å². The average molecular weight is 400 g/mol. The van der Waals surface area contributed by atoms with Gasteiger partial charge in [0.2, 0.25) is 11.8 Å². The lowest BCUT2D eigenvalue weighted by Crippen LogP contribution is -2.30.